The van der Waals surface area contributed by atoms with Crippen molar-refractivity contribution in [3.63, 3.8) is 0 Å². The summed E-state index contributed by atoms with van der Waals surface area (Å²) in [5.74, 6) is -0.827. The van der Waals surface area contributed by atoms with E-state index in [4.69, 9.17) is 5.73 Å². The first kappa shape index (κ1) is 21.0. The van der Waals surface area contributed by atoms with Crippen LogP contribution in [0.4, 0.5) is 5.69 Å². The van der Waals surface area contributed by atoms with Crippen molar-refractivity contribution >= 4 is 23.4 Å². The van der Waals surface area contributed by atoms with Gasteiger partial charge in [-0.15, -0.1) is 0 Å². The lowest BCUT2D eigenvalue weighted by atomic mass is 10.0. The summed E-state index contributed by atoms with van der Waals surface area (Å²) >= 11 is 0. The van der Waals surface area contributed by atoms with Gasteiger partial charge in [0.2, 0.25) is 11.8 Å². The predicted octanol–water partition coefficient (Wildman–Crippen LogP) is 1.04. The number of rotatable bonds is 9. The fourth-order valence-corrected chi connectivity index (χ4v) is 4.18. The second-order valence-corrected chi connectivity index (χ2v) is 8.01. The van der Waals surface area contributed by atoms with E-state index in [2.05, 4.69) is 26.4 Å². The summed E-state index contributed by atoms with van der Waals surface area (Å²) in [6, 6.07) is 5.01. The average molecular weight is 425 g/mol. The Balaban J connectivity index is 1.34. The zero-order valence-electron chi connectivity index (χ0n) is 17.5. The van der Waals surface area contributed by atoms with Crippen LogP contribution in [0.5, 0.6) is 0 Å². The molecule has 2 aliphatic heterocycles. The Morgan fingerprint density at radius 2 is 2.10 bits per heavy atom. The van der Waals surface area contributed by atoms with Crippen LogP contribution >= 0.6 is 0 Å². The van der Waals surface area contributed by atoms with Crippen molar-refractivity contribution in [3.8, 4) is 0 Å². The van der Waals surface area contributed by atoms with Crippen molar-refractivity contribution in [2.24, 2.45) is 5.73 Å². The number of aromatic nitrogens is 2. The van der Waals surface area contributed by atoms with Crippen LogP contribution < -0.4 is 16.4 Å². The fraction of sp³-hybridized carbons (Fsp3) is 0.455. The number of anilines is 1. The highest BCUT2D eigenvalue weighted by molar-refractivity contribution is 6.06. The van der Waals surface area contributed by atoms with Gasteiger partial charge in [0.05, 0.1) is 12.0 Å². The van der Waals surface area contributed by atoms with E-state index in [9.17, 15) is 14.4 Å². The van der Waals surface area contributed by atoms with Gasteiger partial charge in [-0.05, 0) is 44.4 Å². The van der Waals surface area contributed by atoms with Crippen LogP contribution in [0.15, 0.2) is 30.7 Å². The van der Waals surface area contributed by atoms with E-state index in [0.29, 0.717) is 25.1 Å². The van der Waals surface area contributed by atoms with Crippen LogP contribution in [0.1, 0.15) is 47.3 Å². The van der Waals surface area contributed by atoms with Crippen molar-refractivity contribution in [2.45, 2.75) is 51.2 Å². The van der Waals surface area contributed by atoms with Crippen LogP contribution in [-0.4, -0.2) is 51.3 Å². The van der Waals surface area contributed by atoms with Crippen molar-refractivity contribution in [2.75, 3.05) is 18.4 Å². The molecule has 9 heteroatoms. The van der Waals surface area contributed by atoms with E-state index in [1.165, 1.54) is 0 Å². The summed E-state index contributed by atoms with van der Waals surface area (Å²) in [7, 11) is 0. The molecule has 0 saturated carbocycles. The molecule has 0 bridgehead atoms. The maximum absolute atomic E-state index is 12.9. The lowest BCUT2D eigenvalue weighted by molar-refractivity contribution is -0.136. The van der Waals surface area contributed by atoms with Gasteiger partial charge in [-0.25, -0.2) is 4.98 Å². The van der Waals surface area contributed by atoms with Gasteiger partial charge in [0.1, 0.15) is 6.04 Å². The van der Waals surface area contributed by atoms with Crippen LogP contribution in [0.3, 0.4) is 0 Å². The molecule has 9 nitrogen and oxygen atoms in total. The summed E-state index contributed by atoms with van der Waals surface area (Å²) in [6.45, 7) is 2.63. The molecule has 1 saturated heterocycles. The van der Waals surface area contributed by atoms with Gasteiger partial charge in [-0.3, -0.25) is 19.7 Å². The van der Waals surface area contributed by atoms with E-state index in [0.717, 1.165) is 49.3 Å². The highest BCUT2D eigenvalue weighted by Crippen LogP contribution is 2.32. The zero-order chi connectivity index (χ0) is 21.8. The molecule has 3 amide bonds. The van der Waals surface area contributed by atoms with E-state index in [-0.39, 0.29) is 18.2 Å². The molecule has 1 atom stereocenters. The largest absolute Gasteiger partial charge is 0.385 e. The van der Waals surface area contributed by atoms with Crippen molar-refractivity contribution in [1.82, 2.24) is 19.8 Å². The number of nitrogens with two attached hydrogens (primary N) is 1. The molecule has 31 heavy (non-hydrogen) atoms. The minimum atomic E-state index is -0.597. The third-order valence-corrected chi connectivity index (χ3v) is 5.81. The second kappa shape index (κ2) is 9.30. The highest BCUT2D eigenvalue weighted by atomic mass is 16.2. The Morgan fingerprint density at radius 3 is 2.90 bits per heavy atom. The first-order chi connectivity index (χ1) is 15.1. The third-order valence-electron chi connectivity index (χ3n) is 5.81. The molecular formula is C22H28N6O3. The Hall–Kier alpha value is -3.20. The van der Waals surface area contributed by atoms with Crippen molar-refractivity contribution in [3.05, 3.63) is 47.5 Å². The van der Waals surface area contributed by atoms with Crippen LogP contribution in [0.25, 0.3) is 0 Å². The van der Waals surface area contributed by atoms with Gasteiger partial charge in [0, 0.05) is 49.1 Å². The normalized spacial score (nSPS) is 18.3. The molecule has 1 aromatic carbocycles. The highest BCUT2D eigenvalue weighted by Gasteiger charge is 2.39. The molecule has 1 fully saturated rings. The lowest BCUT2D eigenvalue weighted by Crippen LogP contribution is -2.52. The number of benzene rings is 1. The van der Waals surface area contributed by atoms with Crippen LogP contribution in [0, 0.1) is 0 Å². The van der Waals surface area contributed by atoms with Gasteiger partial charge >= 0.3 is 0 Å². The molecule has 4 N–H and O–H groups in total. The lowest BCUT2D eigenvalue weighted by Gasteiger charge is -2.29. The smallest absolute Gasteiger partial charge is 0.255 e. The average Bonchev–Trinajstić information content (AvgIpc) is 3.35. The molecule has 4 rings (SSSR count). The quantitative estimate of drug-likeness (QED) is 0.408. The monoisotopic (exact) mass is 424 g/mol. The minimum absolute atomic E-state index is 0.156. The standard InChI is InChI=1S/C22H28N6O3/c23-9-2-4-15-12-27(14-25-15)11-3-10-24-18-6-1-5-16-17(18)13-28(22(16)31)19-7-8-20(29)26-21(19)30/h1,5-6,12,14,19,24H,2-4,7-11,13,23H2,(H,26,29,30). The number of nitrogens with zero attached hydrogens (tertiary/aromatic N) is 3. The van der Waals surface area contributed by atoms with Gasteiger partial charge in [-0.2, -0.15) is 0 Å². The molecule has 3 heterocycles. The molecule has 2 aliphatic rings. The number of aryl methyl sites for hydroxylation is 2. The zero-order valence-corrected chi connectivity index (χ0v) is 17.5. The summed E-state index contributed by atoms with van der Waals surface area (Å²) in [5.41, 5.74) is 9.05. The Morgan fingerprint density at radius 1 is 1.23 bits per heavy atom. The number of imide groups is 1. The number of fused-ring (bicyclic) bond motifs is 1. The number of hydrogen-bond donors (Lipinski definition) is 3. The molecule has 1 aromatic heterocycles. The predicted molar refractivity (Wildman–Crippen MR) is 115 cm³/mol. The van der Waals surface area contributed by atoms with Crippen LogP contribution in [-0.2, 0) is 29.1 Å². The van der Waals surface area contributed by atoms with Crippen molar-refractivity contribution < 1.29 is 14.4 Å². The van der Waals surface area contributed by atoms with Gasteiger partial charge < -0.3 is 20.5 Å². The van der Waals surface area contributed by atoms with Gasteiger partial charge in [0.15, 0.2) is 0 Å². The number of piperidine rings is 1. The molecule has 0 spiro atoms. The number of hydrogen-bond acceptors (Lipinski definition) is 6. The van der Waals surface area contributed by atoms with Crippen LogP contribution in [0.2, 0.25) is 0 Å². The Labute approximate surface area is 181 Å². The Bertz CT molecular complexity index is 985. The number of imidazole rings is 1. The van der Waals surface area contributed by atoms with E-state index < -0.39 is 11.9 Å². The second-order valence-electron chi connectivity index (χ2n) is 8.01. The fourth-order valence-electron chi connectivity index (χ4n) is 4.18. The summed E-state index contributed by atoms with van der Waals surface area (Å²) in [5, 5.41) is 5.77. The maximum Gasteiger partial charge on any atom is 0.255 e. The molecule has 0 aliphatic carbocycles. The molecular weight excluding hydrogens is 396 g/mol. The number of amides is 3. The van der Waals surface area contributed by atoms with Crippen molar-refractivity contribution in [1.29, 1.82) is 0 Å². The van der Waals surface area contributed by atoms with Gasteiger partial charge in [-0.1, -0.05) is 6.07 Å². The minimum Gasteiger partial charge on any atom is -0.385 e. The topological polar surface area (TPSA) is 122 Å². The molecule has 0 radical (unpaired) electrons. The summed E-state index contributed by atoms with van der Waals surface area (Å²) < 4.78 is 2.08. The first-order valence-corrected chi connectivity index (χ1v) is 10.8. The van der Waals surface area contributed by atoms with E-state index in [1.807, 2.05) is 18.5 Å². The Kier molecular flexibility index (Phi) is 6.31. The molecule has 2 aromatic rings. The van der Waals surface area contributed by atoms with E-state index in [1.54, 1.807) is 11.0 Å². The third kappa shape index (κ3) is 4.61. The summed E-state index contributed by atoms with van der Waals surface area (Å²) in [6.07, 6.45) is 7.27. The SMILES string of the molecule is NCCCc1cn(CCCNc2cccc3c2CN(C2CCC(=O)NC2=O)C3=O)cn1. The first-order valence-electron chi connectivity index (χ1n) is 10.8. The maximum atomic E-state index is 12.9. The van der Waals surface area contributed by atoms with E-state index >= 15 is 0 Å². The molecule has 164 valence electrons. The molecule has 1 unspecified atom stereocenters. The number of carbonyl (C=O) groups excluding carboxylic acids is 3. The number of nitrogens with one attached hydrogen (secondary N) is 2. The summed E-state index contributed by atoms with van der Waals surface area (Å²) in [4.78, 5) is 42.5. The van der Waals surface area contributed by atoms with Gasteiger partial charge in [0.25, 0.3) is 5.91 Å². The number of carbonyl (C=O) groups is 3.